The van der Waals surface area contributed by atoms with Crippen LogP contribution in [-0.4, -0.2) is 41.3 Å². The van der Waals surface area contributed by atoms with Gasteiger partial charge in [-0.2, -0.15) is 18.2 Å². The Morgan fingerprint density at radius 1 is 1.33 bits per heavy atom. The number of aliphatic hydroxyl groups is 1. The van der Waals surface area contributed by atoms with Gasteiger partial charge in [0, 0.05) is 25.7 Å². The molecule has 1 aromatic rings. The van der Waals surface area contributed by atoms with Crippen molar-refractivity contribution in [1.82, 2.24) is 9.97 Å². The number of halogens is 3. The lowest BCUT2D eigenvalue weighted by atomic mass is 10.2. The molecule has 2 rings (SSSR count). The van der Waals surface area contributed by atoms with Crippen molar-refractivity contribution in [2.24, 2.45) is 0 Å². The Balaban J connectivity index is 2.38. The van der Waals surface area contributed by atoms with Crippen molar-refractivity contribution in [3.63, 3.8) is 0 Å². The third-order valence-electron chi connectivity index (χ3n) is 3.63. The fourth-order valence-electron chi connectivity index (χ4n) is 2.65. The third kappa shape index (κ3) is 3.75. The lowest BCUT2D eigenvalue weighted by molar-refractivity contribution is -0.141. The van der Waals surface area contributed by atoms with Gasteiger partial charge in [-0.1, -0.05) is 12.8 Å². The van der Waals surface area contributed by atoms with E-state index in [0.717, 1.165) is 31.7 Å². The molecule has 0 radical (unpaired) electrons. The summed E-state index contributed by atoms with van der Waals surface area (Å²) < 4.78 is 38.8. The molecule has 0 aliphatic heterocycles. The number of aromatic nitrogens is 2. The van der Waals surface area contributed by atoms with Gasteiger partial charge in [-0.25, -0.2) is 4.98 Å². The van der Waals surface area contributed by atoms with E-state index in [1.807, 2.05) is 0 Å². The summed E-state index contributed by atoms with van der Waals surface area (Å²) in [7, 11) is 1.48. The summed E-state index contributed by atoms with van der Waals surface area (Å²) >= 11 is 0. The monoisotopic (exact) mass is 304 g/mol. The molecule has 0 aromatic carbocycles. The molecule has 0 amide bonds. The van der Waals surface area contributed by atoms with Crippen LogP contribution in [0.15, 0.2) is 6.07 Å². The van der Waals surface area contributed by atoms with E-state index in [1.54, 1.807) is 4.90 Å². The van der Waals surface area contributed by atoms with Gasteiger partial charge in [-0.3, -0.25) is 0 Å². The number of rotatable bonds is 5. The van der Waals surface area contributed by atoms with E-state index < -0.39 is 11.9 Å². The van der Waals surface area contributed by atoms with E-state index in [2.05, 4.69) is 15.3 Å². The Hall–Kier alpha value is -1.57. The maximum Gasteiger partial charge on any atom is 0.433 e. The van der Waals surface area contributed by atoms with Crippen LogP contribution in [-0.2, 0) is 6.18 Å². The highest BCUT2D eigenvalue weighted by atomic mass is 19.4. The van der Waals surface area contributed by atoms with Crippen LogP contribution >= 0.6 is 0 Å². The number of anilines is 2. The number of hydrogen-bond donors (Lipinski definition) is 2. The summed E-state index contributed by atoms with van der Waals surface area (Å²) in [5, 5.41) is 11.7. The van der Waals surface area contributed by atoms with E-state index in [4.69, 9.17) is 0 Å². The molecule has 1 aliphatic carbocycles. The smallest absolute Gasteiger partial charge is 0.395 e. The molecular weight excluding hydrogens is 285 g/mol. The Labute approximate surface area is 121 Å². The molecule has 1 aromatic heterocycles. The van der Waals surface area contributed by atoms with E-state index in [0.29, 0.717) is 0 Å². The van der Waals surface area contributed by atoms with E-state index in [-0.39, 0.29) is 31.0 Å². The average molecular weight is 304 g/mol. The zero-order valence-electron chi connectivity index (χ0n) is 11.8. The quantitative estimate of drug-likeness (QED) is 0.874. The van der Waals surface area contributed by atoms with Crippen LogP contribution in [0, 0.1) is 0 Å². The Morgan fingerprint density at radius 3 is 2.52 bits per heavy atom. The third-order valence-corrected chi connectivity index (χ3v) is 3.63. The van der Waals surface area contributed by atoms with Gasteiger partial charge in [0.25, 0.3) is 0 Å². The molecule has 0 unspecified atom stereocenters. The van der Waals surface area contributed by atoms with E-state index in [1.165, 1.54) is 7.05 Å². The van der Waals surface area contributed by atoms with Gasteiger partial charge in [-0.15, -0.1) is 0 Å². The minimum absolute atomic E-state index is 0.0687. The van der Waals surface area contributed by atoms with Gasteiger partial charge in [-0.05, 0) is 12.8 Å². The summed E-state index contributed by atoms with van der Waals surface area (Å²) in [6.45, 7) is 0.138. The second kappa shape index (κ2) is 6.46. The molecule has 1 aliphatic rings. The molecule has 1 saturated carbocycles. The zero-order valence-corrected chi connectivity index (χ0v) is 11.8. The molecule has 1 heterocycles. The highest BCUT2D eigenvalue weighted by molar-refractivity contribution is 5.46. The van der Waals surface area contributed by atoms with Crippen molar-refractivity contribution in [2.75, 3.05) is 30.4 Å². The Kier molecular flexibility index (Phi) is 4.87. The molecule has 0 atom stereocenters. The molecule has 21 heavy (non-hydrogen) atoms. The first-order valence-corrected chi connectivity index (χ1v) is 6.97. The molecule has 1 fully saturated rings. The van der Waals surface area contributed by atoms with Crippen LogP contribution in [0.3, 0.4) is 0 Å². The number of alkyl halides is 3. The van der Waals surface area contributed by atoms with Gasteiger partial charge in [0.05, 0.1) is 6.61 Å². The van der Waals surface area contributed by atoms with Crippen LogP contribution in [0.5, 0.6) is 0 Å². The standard InChI is InChI=1S/C13H19F3N4O/c1-17-12-18-10(13(14,15)16)8-11(19-12)20(6-7-21)9-4-2-3-5-9/h8-9,21H,2-7H2,1H3,(H,17,18,19). The highest BCUT2D eigenvalue weighted by Crippen LogP contribution is 2.33. The second-order valence-corrected chi connectivity index (χ2v) is 5.04. The zero-order chi connectivity index (χ0) is 15.5. The number of nitrogens with one attached hydrogen (secondary N) is 1. The van der Waals surface area contributed by atoms with Crippen LogP contribution in [0.1, 0.15) is 31.4 Å². The Bertz CT molecular complexity index is 475. The molecule has 5 nitrogen and oxygen atoms in total. The largest absolute Gasteiger partial charge is 0.433 e. The van der Waals surface area contributed by atoms with Crippen molar-refractivity contribution >= 4 is 11.8 Å². The second-order valence-electron chi connectivity index (χ2n) is 5.04. The minimum Gasteiger partial charge on any atom is -0.395 e. The van der Waals surface area contributed by atoms with Crippen LogP contribution < -0.4 is 10.2 Å². The lowest BCUT2D eigenvalue weighted by Gasteiger charge is -2.30. The molecule has 118 valence electrons. The summed E-state index contributed by atoms with van der Waals surface area (Å²) in [5.41, 5.74) is -0.974. The molecule has 8 heteroatoms. The summed E-state index contributed by atoms with van der Waals surface area (Å²) in [5.74, 6) is 0.142. The van der Waals surface area contributed by atoms with Crippen molar-refractivity contribution in [2.45, 2.75) is 37.9 Å². The molecular formula is C13H19F3N4O. The lowest BCUT2D eigenvalue weighted by Crippen LogP contribution is -2.36. The first kappa shape index (κ1) is 15.8. The number of hydrogen-bond acceptors (Lipinski definition) is 5. The Morgan fingerprint density at radius 2 is 2.00 bits per heavy atom. The SMILES string of the molecule is CNc1nc(N(CCO)C2CCCC2)cc(C(F)(F)F)n1. The first-order valence-electron chi connectivity index (χ1n) is 6.97. The predicted molar refractivity (Wildman–Crippen MR) is 73.3 cm³/mol. The summed E-state index contributed by atoms with van der Waals surface area (Å²) in [6.07, 6.45) is -0.629. The number of aliphatic hydroxyl groups excluding tert-OH is 1. The highest BCUT2D eigenvalue weighted by Gasteiger charge is 2.35. The van der Waals surface area contributed by atoms with Gasteiger partial charge in [0.2, 0.25) is 5.95 Å². The normalized spacial score (nSPS) is 16.2. The molecule has 0 spiro atoms. The van der Waals surface area contributed by atoms with Crippen LogP contribution in [0.25, 0.3) is 0 Å². The number of nitrogens with zero attached hydrogens (tertiary/aromatic N) is 3. The topological polar surface area (TPSA) is 61.3 Å². The van der Waals surface area contributed by atoms with Crippen molar-refractivity contribution < 1.29 is 18.3 Å². The fourth-order valence-corrected chi connectivity index (χ4v) is 2.65. The van der Waals surface area contributed by atoms with Gasteiger partial charge >= 0.3 is 6.18 Å². The van der Waals surface area contributed by atoms with Crippen molar-refractivity contribution in [3.8, 4) is 0 Å². The van der Waals surface area contributed by atoms with E-state index >= 15 is 0 Å². The van der Waals surface area contributed by atoms with E-state index in [9.17, 15) is 18.3 Å². The average Bonchev–Trinajstić information content (AvgIpc) is 2.97. The first-order chi connectivity index (χ1) is 9.95. The maximum atomic E-state index is 12.9. The van der Waals surface area contributed by atoms with Crippen molar-refractivity contribution in [3.05, 3.63) is 11.8 Å². The molecule has 0 bridgehead atoms. The summed E-state index contributed by atoms with van der Waals surface area (Å²) in [6, 6.07) is 1.08. The van der Waals surface area contributed by atoms with Gasteiger partial charge in [0.15, 0.2) is 5.69 Å². The predicted octanol–water partition coefficient (Wildman–Crippen LogP) is 2.28. The fraction of sp³-hybridized carbons (Fsp3) is 0.692. The minimum atomic E-state index is -4.52. The molecule has 2 N–H and O–H groups in total. The van der Waals surface area contributed by atoms with Crippen LogP contribution in [0.4, 0.5) is 24.9 Å². The van der Waals surface area contributed by atoms with Gasteiger partial charge in [0.1, 0.15) is 5.82 Å². The van der Waals surface area contributed by atoms with Crippen molar-refractivity contribution in [1.29, 1.82) is 0 Å². The summed E-state index contributed by atoms with van der Waals surface area (Å²) in [4.78, 5) is 9.33. The van der Waals surface area contributed by atoms with Crippen LogP contribution in [0.2, 0.25) is 0 Å². The molecule has 0 saturated heterocycles. The maximum absolute atomic E-state index is 12.9. The van der Waals surface area contributed by atoms with Gasteiger partial charge < -0.3 is 15.3 Å².